The van der Waals surface area contributed by atoms with Crippen molar-refractivity contribution in [3.63, 3.8) is 0 Å². The molecule has 5 nitrogen and oxygen atoms in total. The van der Waals surface area contributed by atoms with Crippen LogP contribution in [0.2, 0.25) is 0 Å². The molecule has 0 radical (unpaired) electrons. The number of halogens is 1. The zero-order chi connectivity index (χ0) is 15.9. The Morgan fingerprint density at radius 2 is 1.68 bits per heavy atom. The minimum atomic E-state index is -0.267. The Labute approximate surface area is 130 Å². The van der Waals surface area contributed by atoms with Gasteiger partial charge in [0.25, 0.3) is 0 Å². The van der Waals surface area contributed by atoms with Crippen molar-refractivity contribution in [2.75, 3.05) is 32.7 Å². The lowest BCUT2D eigenvalue weighted by molar-refractivity contribution is -0.132. The molecule has 0 aromatic heterocycles. The van der Waals surface area contributed by atoms with Crippen molar-refractivity contribution in [3.8, 4) is 0 Å². The molecule has 0 unspecified atom stereocenters. The fourth-order valence-electron chi connectivity index (χ4n) is 2.48. The number of rotatable bonds is 4. The first-order valence-electron chi connectivity index (χ1n) is 7.65. The molecule has 1 N–H and O–H groups in total. The molecule has 2 rings (SSSR count). The predicted octanol–water partition coefficient (Wildman–Crippen LogP) is 1.63. The van der Waals surface area contributed by atoms with E-state index in [0.29, 0.717) is 45.6 Å². The third kappa shape index (κ3) is 4.44. The second-order valence-electron chi connectivity index (χ2n) is 5.33. The zero-order valence-electron chi connectivity index (χ0n) is 12.8. The van der Waals surface area contributed by atoms with Crippen molar-refractivity contribution in [2.24, 2.45) is 0 Å². The van der Waals surface area contributed by atoms with Gasteiger partial charge in [-0.05, 0) is 31.0 Å². The van der Waals surface area contributed by atoms with E-state index in [0.717, 1.165) is 5.56 Å². The van der Waals surface area contributed by atoms with Gasteiger partial charge in [0, 0.05) is 39.1 Å². The van der Waals surface area contributed by atoms with Gasteiger partial charge in [-0.15, -0.1) is 0 Å². The van der Waals surface area contributed by atoms with Crippen molar-refractivity contribution < 1.29 is 14.0 Å². The quantitative estimate of drug-likeness (QED) is 0.919. The Morgan fingerprint density at radius 1 is 1.09 bits per heavy atom. The molecule has 1 aromatic carbocycles. The summed E-state index contributed by atoms with van der Waals surface area (Å²) in [5, 5.41) is 2.76. The first-order valence-corrected chi connectivity index (χ1v) is 7.65. The first kappa shape index (κ1) is 16.3. The summed E-state index contributed by atoms with van der Waals surface area (Å²) in [7, 11) is 0. The molecule has 0 aliphatic carbocycles. The van der Waals surface area contributed by atoms with E-state index >= 15 is 0 Å². The highest BCUT2D eigenvalue weighted by atomic mass is 19.1. The van der Waals surface area contributed by atoms with E-state index < -0.39 is 0 Å². The molecule has 1 aliphatic heterocycles. The molecule has 1 fully saturated rings. The monoisotopic (exact) mass is 307 g/mol. The van der Waals surface area contributed by atoms with Crippen molar-refractivity contribution in [1.82, 2.24) is 15.1 Å². The maximum absolute atomic E-state index is 12.8. The molecule has 1 aliphatic rings. The Hall–Kier alpha value is -2.11. The molecule has 120 valence electrons. The third-order valence-electron chi connectivity index (χ3n) is 3.79. The topological polar surface area (TPSA) is 52.7 Å². The minimum Gasteiger partial charge on any atom is -0.339 e. The van der Waals surface area contributed by atoms with Gasteiger partial charge < -0.3 is 15.1 Å². The Morgan fingerprint density at radius 3 is 2.27 bits per heavy atom. The molecule has 0 bridgehead atoms. The summed E-state index contributed by atoms with van der Waals surface area (Å²) < 4.78 is 12.8. The maximum atomic E-state index is 12.8. The van der Waals surface area contributed by atoms with E-state index in [9.17, 15) is 14.0 Å². The number of carbonyl (C=O) groups excluding carboxylic acids is 2. The normalized spacial score (nSPS) is 14.8. The smallest absolute Gasteiger partial charge is 0.317 e. The average Bonchev–Trinajstić information content (AvgIpc) is 2.54. The van der Waals surface area contributed by atoms with Crippen LogP contribution in [-0.2, 0) is 11.2 Å². The lowest BCUT2D eigenvalue weighted by Gasteiger charge is -2.34. The summed E-state index contributed by atoms with van der Waals surface area (Å²) in [4.78, 5) is 27.4. The van der Waals surface area contributed by atoms with E-state index in [1.807, 2.05) is 6.92 Å². The highest BCUT2D eigenvalue weighted by Crippen LogP contribution is 2.09. The number of hydrogen-bond donors (Lipinski definition) is 1. The Balaban J connectivity index is 1.75. The number of nitrogens with zero attached hydrogens (tertiary/aromatic N) is 2. The molecular formula is C16H22FN3O2. The van der Waals surface area contributed by atoms with Gasteiger partial charge in [-0.25, -0.2) is 9.18 Å². The van der Waals surface area contributed by atoms with Gasteiger partial charge in [0.1, 0.15) is 5.82 Å². The van der Waals surface area contributed by atoms with Gasteiger partial charge in [-0.1, -0.05) is 12.1 Å². The van der Waals surface area contributed by atoms with E-state index in [-0.39, 0.29) is 17.8 Å². The van der Waals surface area contributed by atoms with E-state index in [1.54, 1.807) is 21.9 Å². The van der Waals surface area contributed by atoms with Crippen molar-refractivity contribution in [1.29, 1.82) is 0 Å². The van der Waals surface area contributed by atoms with Crippen LogP contribution in [0.1, 0.15) is 18.9 Å². The van der Waals surface area contributed by atoms with Crippen molar-refractivity contribution in [3.05, 3.63) is 35.6 Å². The standard InChI is InChI=1S/C16H22FN3O2/c1-2-18-16(22)20-11-9-19(10-12-20)15(21)8-5-13-3-6-14(17)7-4-13/h3-4,6-7H,2,5,8-12H2,1H3,(H,18,22). The highest BCUT2D eigenvalue weighted by molar-refractivity contribution is 5.77. The summed E-state index contributed by atoms with van der Waals surface area (Å²) in [5.41, 5.74) is 0.954. The molecule has 1 aromatic rings. The fraction of sp³-hybridized carbons (Fsp3) is 0.500. The molecule has 0 saturated carbocycles. The molecule has 0 spiro atoms. The SMILES string of the molecule is CCNC(=O)N1CCN(C(=O)CCc2ccc(F)cc2)CC1. The molecule has 1 saturated heterocycles. The van der Waals surface area contributed by atoms with E-state index in [1.165, 1.54) is 12.1 Å². The van der Waals surface area contributed by atoms with Gasteiger partial charge in [-0.2, -0.15) is 0 Å². The third-order valence-corrected chi connectivity index (χ3v) is 3.79. The molecule has 6 heteroatoms. The van der Waals surface area contributed by atoms with Gasteiger partial charge in [0.2, 0.25) is 5.91 Å². The molecule has 3 amide bonds. The summed E-state index contributed by atoms with van der Waals surface area (Å²) in [6, 6.07) is 6.15. The summed E-state index contributed by atoms with van der Waals surface area (Å²) in [6.45, 7) is 4.75. The van der Waals surface area contributed by atoms with Crippen LogP contribution in [0.5, 0.6) is 0 Å². The van der Waals surface area contributed by atoms with Crippen LogP contribution in [0.15, 0.2) is 24.3 Å². The van der Waals surface area contributed by atoms with Crippen LogP contribution in [0.25, 0.3) is 0 Å². The maximum Gasteiger partial charge on any atom is 0.317 e. The van der Waals surface area contributed by atoms with Gasteiger partial charge >= 0.3 is 6.03 Å². The number of benzene rings is 1. The molecule has 22 heavy (non-hydrogen) atoms. The molecular weight excluding hydrogens is 285 g/mol. The minimum absolute atomic E-state index is 0.0686. The van der Waals surface area contributed by atoms with E-state index in [4.69, 9.17) is 0 Å². The molecule has 0 atom stereocenters. The fourth-order valence-corrected chi connectivity index (χ4v) is 2.48. The second-order valence-corrected chi connectivity index (χ2v) is 5.33. The largest absolute Gasteiger partial charge is 0.339 e. The number of amides is 3. The van der Waals surface area contributed by atoms with Gasteiger partial charge in [-0.3, -0.25) is 4.79 Å². The van der Waals surface area contributed by atoms with Crippen LogP contribution < -0.4 is 5.32 Å². The zero-order valence-corrected chi connectivity index (χ0v) is 12.8. The average molecular weight is 307 g/mol. The van der Waals surface area contributed by atoms with E-state index in [2.05, 4.69) is 5.32 Å². The van der Waals surface area contributed by atoms with Crippen LogP contribution in [-0.4, -0.2) is 54.5 Å². The summed E-state index contributed by atoms with van der Waals surface area (Å²) in [6.07, 6.45) is 1.02. The summed E-state index contributed by atoms with van der Waals surface area (Å²) >= 11 is 0. The first-order chi connectivity index (χ1) is 10.6. The van der Waals surface area contributed by atoms with Crippen LogP contribution >= 0.6 is 0 Å². The second kappa shape index (κ2) is 7.77. The summed E-state index contributed by atoms with van der Waals surface area (Å²) in [5.74, 6) is -0.184. The number of aryl methyl sites for hydroxylation is 1. The van der Waals surface area contributed by atoms with Crippen LogP contribution in [0.4, 0.5) is 9.18 Å². The number of hydrogen-bond acceptors (Lipinski definition) is 2. The van der Waals surface area contributed by atoms with Crippen molar-refractivity contribution >= 4 is 11.9 Å². The number of carbonyl (C=O) groups is 2. The molecule has 1 heterocycles. The van der Waals surface area contributed by atoms with Gasteiger partial charge in [0.05, 0.1) is 0 Å². The van der Waals surface area contributed by atoms with Crippen LogP contribution in [0, 0.1) is 5.82 Å². The number of nitrogens with one attached hydrogen (secondary N) is 1. The Bertz CT molecular complexity index is 511. The number of urea groups is 1. The highest BCUT2D eigenvalue weighted by Gasteiger charge is 2.23. The predicted molar refractivity (Wildman–Crippen MR) is 81.9 cm³/mol. The lowest BCUT2D eigenvalue weighted by Crippen LogP contribution is -2.53. The van der Waals surface area contributed by atoms with Gasteiger partial charge in [0.15, 0.2) is 0 Å². The Kier molecular flexibility index (Phi) is 5.75. The van der Waals surface area contributed by atoms with Crippen molar-refractivity contribution in [2.45, 2.75) is 19.8 Å². The number of piperazine rings is 1. The van der Waals surface area contributed by atoms with Crippen LogP contribution in [0.3, 0.4) is 0 Å². The lowest BCUT2D eigenvalue weighted by atomic mass is 10.1.